The topological polar surface area (TPSA) is 57.4 Å². The van der Waals surface area contributed by atoms with Gasteiger partial charge in [0.25, 0.3) is 0 Å². The van der Waals surface area contributed by atoms with E-state index < -0.39 is 0 Å². The number of benzene rings is 1. The minimum Gasteiger partial charge on any atom is -0.490 e. The van der Waals surface area contributed by atoms with E-state index in [1.165, 1.54) is 0 Å². The van der Waals surface area contributed by atoms with E-state index in [0.717, 1.165) is 27.9 Å². The summed E-state index contributed by atoms with van der Waals surface area (Å²) in [6, 6.07) is 4.00. The Morgan fingerprint density at radius 1 is 1.35 bits per heavy atom. The summed E-state index contributed by atoms with van der Waals surface area (Å²) >= 11 is 5.09. The third-order valence-electron chi connectivity index (χ3n) is 2.65. The molecule has 0 atom stereocenters. The number of aromatic nitrogens is 1. The lowest BCUT2D eigenvalue weighted by atomic mass is 10.1. The molecule has 2 rings (SSSR count). The van der Waals surface area contributed by atoms with Gasteiger partial charge in [0, 0.05) is 5.38 Å². The van der Waals surface area contributed by atoms with Crippen molar-refractivity contribution >= 4 is 27.3 Å². The van der Waals surface area contributed by atoms with Gasteiger partial charge in [-0.1, -0.05) is 0 Å². The van der Waals surface area contributed by atoms with Crippen LogP contribution >= 0.6 is 27.3 Å². The molecule has 1 heterocycles. The van der Waals surface area contributed by atoms with Crippen molar-refractivity contribution in [3.8, 4) is 11.5 Å². The van der Waals surface area contributed by atoms with Gasteiger partial charge in [-0.15, -0.1) is 11.3 Å². The monoisotopic (exact) mass is 356 g/mol. The smallest absolute Gasteiger partial charge is 0.175 e. The summed E-state index contributed by atoms with van der Waals surface area (Å²) in [5.41, 5.74) is 9.44. The van der Waals surface area contributed by atoms with Crippen LogP contribution in [0, 0.1) is 0 Å². The third-order valence-corrected chi connectivity index (χ3v) is 3.87. The summed E-state index contributed by atoms with van der Waals surface area (Å²) in [5, 5.41) is 1.97. The van der Waals surface area contributed by atoms with Crippen LogP contribution in [0.2, 0.25) is 0 Å². The standard InChI is InChI=1S/C14H17BrN2O2S/c1-2-18-13-6-10(3-4-16)5-12(15)14(13)19-7-11-8-20-9-17-11/h5-6,8-9H,2-4,7,16H2,1H3. The zero-order chi connectivity index (χ0) is 14.4. The molecule has 0 aliphatic heterocycles. The Morgan fingerprint density at radius 3 is 2.85 bits per heavy atom. The minimum atomic E-state index is 0.429. The molecule has 0 radical (unpaired) electrons. The Kier molecular flexibility index (Phi) is 5.82. The summed E-state index contributed by atoms with van der Waals surface area (Å²) in [7, 11) is 0. The van der Waals surface area contributed by atoms with Gasteiger partial charge in [-0.25, -0.2) is 4.98 Å². The normalized spacial score (nSPS) is 10.6. The van der Waals surface area contributed by atoms with Crippen LogP contribution in [0.25, 0.3) is 0 Å². The summed E-state index contributed by atoms with van der Waals surface area (Å²) in [5.74, 6) is 1.45. The second kappa shape index (κ2) is 7.61. The molecular formula is C14H17BrN2O2S. The molecule has 0 fully saturated rings. The first kappa shape index (κ1) is 15.3. The molecule has 0 amide bonds. The van der Waals surface area contributed by atoms with E-state index in [4.69, 9.17) is 15.2 Å². The molecule has 0 saturated carbocycles. The lowest BCUT2D eigenvalue weighted by Gasteiger charge is -2.14. The molecule has 0 spiro atoms. The molecular weight excluding hydrogens is 340 g/mol. The van der Waals surface area contributed by atoms with Gasteiger partial charge in [-0.05, 0) is 53.5 Å². The summed E-state index contributed by atoms with van der Waals surface area (Å²) in [6.07, 6.45) is 0.811. The van der Waals surface area contributed by atoms with Crippen molar-refractivity contribution in [2.24, 2.45) is 5.73 Å². The molecule has 20 heavy (non-hydrogen) atoms. The number of halogens is 1. The van der Waals surface area contributed by atoms with Crippen LogP contribution in [0.5, 0.6) is 11.5 Å². The first-order valence-corrected chi connectivity index (χ1v) is 8.13. The number of hydrogen-bond donors (Lipinski definition) is 1. The van der Waals surface area contributed by atoms with Gasteiger partial charge in [-0.2, -0.15) is 0 Å². The highest BCUT2D eigenvalue weighted by atomic mass is 79.9. The zero-order valence-electron chi connectivity index (χ0n) is 11.3. The van der Waals surface area contributed by atoms with E-state index in [1.807, 2.05) is 24.4 Å². The van der Waals surface area contributed by atoms with Gasteiger partial charge in [-0.3, -0.25) is 0 Å². The molecule has 0 bridgehead atoms. The number of rotatable bonds is 7. The fourth-order valence-electron chi connectivity index (χ4n) is 1.79. The maximum Gasteiger partial charge on any atom is 0.175 e. The van der Waals surface area contributed by atoms with Crippen LogP contribution in [0.4, 0.5) is 0 Å². The molecule has 2 aromatic rings. The second-order valence-electron chi connectivity index (χ2n) is 4.15. The van der Waals surface area contributed by atoms with Crippen LogP contribution in [0.3, 0.4) is 0 Å². The highest BCUT2D eigenvalue weighted by Crippen LogP contribution is 2.37. The van der Waals surface area contributed by atoms with Crippen molar-refractivity contribution in [1.82, 2.24) is 4.98 Å². The van der Waals surface area contributed by atoms with Crippen LogP contribution in [0.1, 0.15) is 18.2 Å². The fourth-order valence-corrected chi connectivity index (χ4v) is 2.94. The first-order valence-electron chi connectivity index (χ1n) is 6.39. The van der Waals surface area contributed by atoms with Crippen molar-refractivity contribution in [2.45, 2.75) is 20.0 Å². The molecule has 0 aliphatic rings. The molecule has 1 aromatic carbocycles. The number of thiazole rings is 1. The van der Waals surface area contributed by atoms with E-state index in [0.29, 0.717) is 25.5 Å². The van der Waals surface area contributed by atoms with E-state index in [-0.39, 0.29) is 0 Å². The Hall–Kier alpha value is -1.11. The lowest BCUT2D eigenvalue weighted by Crippen LogP contribution is -2.05. The fraction of sp³-hybridized carbons (Fsp3) is 0.357. The number of nitrogens with zero attached hydrogens (tertiary/aromatic N) is 1. The van der Waals surface area contributed by atoms with Gasteiger partial charge in [0.1, 0.15) is 6.61 Å². The Balaban J connectivity index is 2.20. The zero-order valence-corrected chi connectivity index (χ0v) is 13.7. The van der Waals surface area contributed by atoms with Crippen LogP contribution in [-0.2, 0) is 13.0 Å². The minimum absolute atomic E-state index is 0.429. The van der Waals surface area contributed by atoms with E-state index in [1.54, 1.807) is 16.8 Å². The average molecular weight is 357 g/mol. The second-order valence-corrected chi connectivity index (χ2v) is 5.72. The largest absolute Gasteiger partial charge is 0.490 e. The van der Waals surface area contributed by atoms with Gasteiger partial charge in [0.05, 0.1) is 22.3 Å². The van der Waals surface area contributed by atoms with Crippen molar-refractivity contribution in [1.29, 1.82) is 0 Å². The first-order chi connectivity index (χ1) is 9.74. The van der Waals surface area contributed by atoms with Crippen molar-refractivity contribution in [3.63, 3.8) is 0 Å². The predicted octanol–water partition coefficient (Wildman–Crippen LogP) is 3.38. The van der Waals surface area contributed by atoms with E-state index in [2.05, 4.69) is 20.9 Å². The quantitative estimate of drug-likeness (QED) is 0.825. The maximum atomic E-state index is 5.84. The molecule has 1 aromatic heterocycles. The number of nitrogens with two attached hydrogens (primary N) is 1. The SMILES string of the molecule is CCOc1cc(CCN)cc(Br)c1OCc1cscn1. The Labute approximate surface area is 131 Å². The lowest BCUT2D eigenvalue weighted by molar-refractivity contribution is 0.265. The molecule has 108 valence electrons. The molecule has 0 aliphatic carbocycles. The van der Waals surface area contributed by atoms with E-state index in [9.17, 15) is 0 Å². The highest BCUT2D eigenvalue weighted by molar-refractivity contribution is 9.10. The van der Waals surface area contributed by atoms with Gasteiger partial charge in [0.15, 0.2) is 11.5 Å². The maximum absolute atomic E-state index is 5.84. The average Bonchev–Trinajstić information content (AvgIpc) is 2.92. The predicted molar refractivity (Wildman–Crippen MR) is 84.5 cm³/mol. The molecule has 2 N–H and O–H groups in total. The molecule has 0 unspecified atom stereocenters. The molecule has 6 heteroatoms. The van der Waals surface area contributed by atoms with Crippen molar-refractivity contribution in [2.75, 3.05) is 13.2 Å². The number of ether oxygens (including phenoxy) is 2. The van der Waals surface area contributed by atoms with E-state index >= 15 is 0 Å². The van der Waals surface area contributed by atoms with Gasteiger partial charge >= 0.3 is 0 Å². The number of hydrogen-bond acceptors (Lipinski definition) is 5. The summed E-state index contributed by atoms with van der Waals surface area (Å²) < 4.78 is 12.4. The molecule has 0 saturated heterocycles. The third kappa shape index (κ3) is 3.94. The molecule has 4 nitrogen and oxygen atoms in total. The van der Waals surface area contributed by atoms with Crippen LogP contribution in [0.15, 0.2) is 27.5 Å². The van der Waals surface area contributed by atoms with Crippen molar-refractivity contribution in [3.05, 3.63) is 38.8 Å². The highest BCUT2D eigenvalue weighted by Gasteiger charge is 2.12. The van der Waals surface area contributed by atoms with Crippen molar-refractivity contribution < 1.29 is 9.47 Å². The van der Waals surface area contributed by atoms with Gasteiger partial charge < -0.3 is 15.2 Å². The summed E-state index contributed by atoms with van der Waals surface area (Å²) in [6.45, 7) is 3.58. The van der Waals surface area contributed by atoms with Crippen LogP contribution in [-0.4, -0.2) is 18.1 Å². The summed E-state index contributed by atoms with van der Waals surface area (Å²) in [4.78, 5) is 4.20. The Bertz CT molecular complexity index is 546. The Morgan fingerprint density at radius 2 is 2.20 bits per heavy atom. The van der Waals surface area contributed by atoms with Crippen LogP contribution < -0.4 is 15.2 Å². The van der Waals surface area contributed by atoms with Gasteiger partial charge in [0.2, 0.25) is 0 Å².